The molecule has 128 valence electrons. The van der Waals surface area contributed by atoms with Crippen molar-refractivity contribution in [3.63, 3.8) is 0 Å². The van der Waals surface area contributed by atoms with Crippen LogP contribution in [0.25, 0.3) is 0 Å². The Kier molecular flexibility index (Phi) is 4.55. The van der Waals surface area contributed by atoms with Gasteiger partial charge in [0.2, 0.25) is 17.7 Å². The number of nitrogens with zero attached hydrogens (tertiary/aromatic N) is 2. The van der Waals surface area contributed by atoms with Crippen LogP contribution >= 0.6 is 0 Å². The van der Waals surface area contributed by atoms with Crippen molar-refractivity contribution in [2.24, 2.45) is 11.8 Å². The van der Waals surface area contributed by atoms with Crippen molar-refractivity contribution < 1.29 is 19.1 Å². The van der Waals surface area contributed by atoms with Crippen LogP contribution < -0.4 is 9.64 Å². The maximum Gasteiger partial charge on any atom is 0.234 e. The Labute approximate surface area is 141 Å². The van der Waals surface area contributed by atoms with Crippen molar-refractivity contribution in [2.75, 3.05) is 18.7 Å². The van der Waals surface area contributed by atoms with Crippen LogP contribution in [-0.4, -0.2) is 36.4 Å². The summed E-state index contributed by atoms with van der Waals surface area (Å²) in [6.45, 7) is 1.41. The Morgan fingerprint density at radius 2 is 1.67 bits per heavy atom. The van der Waals surface area contributed by atoms with Crippen LogP contribution in [0, 0.1) is 11.8 Å². The summed E-state index contributed by atoms with van der Waals surface area (Å²) >= 11 is 0. The van der Waals surface area contributed by atoms with Crippen molar-refractivity contribution in [3.05, 3.63) is 24.3 Å². The minimum absolute atomic E-state index is 0.0215. The molecule has 3 rings (SSSR count). The van der Waals surface area contributed by atoms with Crippen LogP contribution in [0.5, 0.6) is 5.75 Å². The summed E-state index contributed by atoms with van der Waals surface area (Å²) in [5.74, 6) is -0.196. The molecule has 2 fully saturated rings. The van der Waals surface area contributed by atoms with Crippen molar-refractivity contribution in [1.29, 1.82) is 0 Å². The maximum atomic E-state index is 12.6. The summed E-state index contributed by atoms with van der Waals surface area (Å²) in [4.78, 5) is 39.9. The number of amides is 3. The zero-order valence-corrected chi connectivity index (χ0v) is 14.0. The molecular weight excluding hydrogens is 308 g/mol. The van der Waals surface area contributed by atoms with Gasteiger partial charge in [-0.05, 0) is 37.1 Å². The average molecular weight is 330 g/mol. The Hall–Kier alpha value is -2.37. The molecule has 0 aromatic heterocycles. The second kappa shape index (κ2) is 6.63. The first-order valence-electron chi connectivity index (χ1n) is 8.30. The molecule has 1 aromatic rings. The Bertz CT molecular complexity index is 631. The van der Waals surface area contributed by atoms with Crippen molar-refractivity contribution in [2.45, 2.75) is 32.6 Å². The molecule has 0 unspecified atom stereocenters. The number of benzene rings is 1. The molecule has 1 aliphatic heterocycles. The van der Waals surface area contributed by atoms with Crippen LogP contribution in [0.2, 0.25) is 0 Å². The van der Waals surface area contributed by atoms with Crippen molar-refractivity contribution in [1.82, 2.24) is 4.90 Å². The van der Waals surface area contributed by atoms with Crippen molar-refractivity contribution >= 4 is 23.4 Å². The third kappa shape index (κ3) is 2.88. The second-order valence-electron chi connectivity index (χ2n) is 6.39. The number of carbonyl (C=O) groups excluding carboxylic acids is 3. The molecule has 0 spiro atoms. The molecule has 24 heavy (non-hydrogen) atoms. The number of likely N-dealkylation sites (tertiary alicyclic amines) is 1. The first kappa shape index (κ1) is 16.5. The normalized spacial score (nSPS) is 23.2. The lowest BCUT2D eigenvalue weighted by molar-refractivity contribution is -0.140. The molecule has 1 saturated heterocycles. The highest BCUT2D eigenvalue weighted by Crippen LogP contribution is 2.38. The van der Waals surface area contributed by atoms with E-state index in [-0.39, 0.29) is 36.2 Å². The quantitative estimate of drug-likeness (QED) is 0.794. The molecule has 0 radical (unpaired) electrons. The van der Waals surface area contributed by atoms with E-state index in [1.807, 2.05) is 0 Å². The predicted octanol–water partition coefficient (Wildman–Crippen LogP) is 2.18. The van der Waals surface area contributed by atoms with E-state index in [4.69, 9.17) is 4.74 Å². The largest absolute Gasteiger partial charge is 0.497 e. The Morgan fingerprint density at radius 3 is 2.12 bits per heavy atom. The van der Waals surface area contributed by atoms with Gasteiger partial charge in [-0.1, -0.05) is 12.8 Å². The number of rotatable bonds is 4. The van der Waals surface area contributed by atoms with E-state index >= 15 is 0 Å². The lowest BCUT2D eigenvalue weighted by Gasteiger charge is -2.26. The minimum atomic E-state index is -0.212. The highest BCUT2D eigenvalue weighted by Gasteiger charge is 2.48. The van der Waals surface area contributed by atoms with Crippen LogP contribution in [0.15, 0.2) is 24.3 Å². The molecule has 3 amide bonds. The topological polar surface area (TPSA) is 66.9 Å². The third-order valence-electron chi connectivity index (χ3n) is 4.98. The fourth-order valence-corrected chi connectivity index (χ4v) is 3.64. The van der Waals surface area contributed by atoms with Gasteiger partial charge in [0.1, 0.15) is 12.4 Å². The van der Waals surface area contributed by atoms with Gasteiger partial charge in [-0.3, -0.25) is 24.2 Å². The lowest BCUT2D eigenvalue weighted by Crippen LogP contribution is -2.44. The molecule has 1 aliphatic carbocycles. The number of hydrogen-bond acceptors (Lipinski definition) is 4. The van der Waals surface area contributed by atoms with Gasteiger partial charge in [-0.15, -0.1) is 0 Å². The van der Waals surface area contributed by atoms with Crippen molar-refractivity contribution in [3.8, 4) is 5.75 Å². The fraction of sp³-hybridized carbons (Fsp3) is 0.500. The monoisotopic (exact) mass is 330 g/mol. The SMILES string of the molecule is COc1ccc(N(CN2C(=O)[C@@H]3CCCC[C@H]3C2=O)C(C)=O)cc1. The van der Waals surface area contributed by atoms with Gasteiger partial charge in [0.15, 0.2) is 0 Å². The zero-order chi connectivity index (χ0) is 17.3. The summed E-state index contributed by atoms with van der Waals surface area (Å²) in [6, 6.07) is 6.99. The summed E-state index contributed by atoms with van der Waals surface area (Å²) in [5, 5.41) is 0. The fourth-order valence-electron chi connectivity index (χ4n) is 3.64. The number of imide groups is 1. The van der Waals surface area contributed by atoms with Gasteiger partial charge < -0.3 is 4.74 Å². The molecule has 2 atom stereocenters. The molecule has 6 heteroatoms. The van der Waals surface area contributed by atoms with E-state index in [1.165, 1.54) is 16.7 Å². The van der Waals surface area contributed by atoms with Gasteiger partial charge >= 0.3 is 0 Å². The third-order valence-corrected chi connectivity index (χ3v) is 4.98. The van der Waals surface area contributed by atoms with Gasteiger partial charge in [-0.25, -0.2) is 0 Å². The number of fused-ring (bicyclic) bond motifs is 1. The van der Waals surface area contributed by atoms with E-state index in [1.54, 1.807) is 31.4 Å². The molecule has 6 nitrogen and oxygen atoms in total. The number of hydrogen-bond donors (Lipinski definition) is 0. The minimum Gasteiger partial charge on any atom is -0.497 e. The highest BCUT2D eigenvalue weighted by molar-refractivity contribution is 6.06. The van der Waals surface area contributed by atoms with Gasteiger partial charge in [-0.2, -0.15) is 0 Å². The van der Waals surface area contributed by atoms with E-state index in [0.29, 0.717) is 11.4 Å². The molecule has 2 aliphatic rings. The molecule has 1 saturated carbocycles. The van der Waals surface area contributed by atoms with Crippen LogP contribution in [-0.2, 0) is 14.4 Å². The van der Waals surface area contributed by atoms with Crippen LogP contribution in [0.4, 0.5) is 5.69 Å². The van der Waals surface area contributed by atoms with E-state index in [0.717, 1.165) is 25.7 Å². The summed E-state index contributed by atoms with van der Waals surface area (Å²) in [5.41, 5.74) is 0.638. The molecule has 1 aromatic carbocycles. The molecule has 0 bridgehead atoms. The standard InChI is InChI=1S/C18H22N2O4/c1-12(21)19(13-7-9-14(24-2)10-8-13)11-20-17(22)15-5-3-4-6-16(15)18(20)23/h7-10,15-16H,3-6,11H2,1-2H3/t15-,16-/m1/s1. The van der Waals surface area contributed by atoms with E-state index in [2.05, 4.69) is 0 Å². The van der Waals surface area contributed by atoms with E-state index < -0.39 is 0 Å². The number of carbonyl (C=O) groups is 3. The van der Waals surface area contributed by atoms with Gasteiger partial charge in [0.25, 0.3) is 0 Å². The van der Waals surface area contributed by atoms with Crippen LogP contribution in [0.3, 0.4) is 0 Å². The Morgan fingerprint density at radius 1 is 1.12 bits per heavy atom. The highest BCUT2D eigenvalue weighted by atomic mass is 16.5. The smallest absolute Gasteiger partial charge is 0.234 e. The maximum absolute atomic E-state index is 12.6. The van der Waals surface area contributed by atoms with Crippen LogP contribution in [0.1, 0.15) is 32.6 Å². The zero-order valence-electron chi connectivity index (χ0n) is 14.0. The van der Waals surface area contributed by atoms with Gasteiger partial charge in [0.05, 0.1) is 18.9 Å². The summed E-state index contributed by atoms with van der Waals surface area (Å²) in [6.07, 6.45) is 3.52. The molecule has 1 heterocycles. The number of methoxy groups -OCH3 is 1. The summed E-state index contributed by atoms with van der Waals surface area (Å²) in [7, 11) is 1.57. The van der Waals surface area contributed by atoms with E-state index in [9.17, 15) is 14.4 Å². The second-order valence-corrected chi connectivity index (χ2v) is 6.39. The molecular formula is C18H22N2O4. The first-order valence-corrected chi connectivity index (χ1v) is 8.30. The molecule has 0 N–H and O–H groups in total. The summed E-state index contributed by atoms with van der Waals surface area (Å²) < 4.78 is 5.12. The lowest BCUT2D eigenvalue weighted by atomic mass is 9.81. The first-order chi connectivity index (χ1) is 11.5. The number of anilines is 1. The number of ether oxygens (including phenoxy) is 1. The Balaban J connectivity index is 1.81. The van der Waals surface area contributed by atoms with Gasteiger partial charge in [0, 0.05) is 12.6 Å². The predicted molar refractivity (Wildman–Crippen MR) is 88.3 cm³/mol. The average Bonchev–Trinajstić information content (AvgIpc) is 2.84.